The van der Waals surface area contributed by atoms with Crippen molar-refractivity contribution in [3.63, 3.8) is 0 Å². The van der Waals surface area contributed by atoms with E-state index in [-0.39, 0.29) is 43.2 Å². The number of nitrogens with two attached hydrogens (primary N) is 1. The lowest BCUT2D eigenvalue weighted by Gasteiger charge is -2.16. The predicted molar refractivity (Wildman–Crippen MR) is 122 cm³/mol. The Hall–Kier alpha value is -4.21. The monoisotopic (exact) mass is 448 g/mol. The Kier molecular flexibility index (Phi) is 6.34. The van der Waals surface area contributed by atoms with Gasteiger partial charge in [0.05, 0.1) is 18.7 Å². The number of nitrogen functional groups attached to an aromatic ring is 1. The van der Waals surface area contributed by atoms with E-state index in [0.29, 0.717) is 11.4 Å². The Bertz CT molecular complexity index is 1170. The second kappa shape index (κ2) is 9.51. The lowest BCUT2D eigenvalue weighted by molar-refractivity contribution is -0.149. The number of anilines is 4. The minimum absolute atomic E-state index is 0.0185. The number of benzene rings is 2. The van der Waals surface area contributed by atoms with E-state index in [4.69, 9.17) is 15.2 Å². The largest absolute Gasteiger partial charge is 0.495 e. The molecule has 1 amide bonds. The fraction of sp³-hybridized carbons (Fsp3) is 0.261. The Balaban J connectivity index is 1.39. The van der Waals surface area contributed by atoms with Gasteiger partial charge in [-0.3, -0.25) is 9.59 Å². The van der Waals surface area contributed by atoms with E-state index < -0.39 is 11.9 Å². The zero-order valence-corrected chi connectivity index (χ0v) is 18.3. The molecule has 2 heterocycles. The number of para-hydroxylation sites is 2. The number of hydrogen-bond acceptors (Lipinski definition) is 9. The Morgan fingerprint density at radius 2 is 1.91 bits per heavy atom. The number of aromatic nitrogens is 3. The normalized spacial score (nSPS) is 15.4. The van der Waals surface area contributed by atoms with Crippen molar-refractivity contribution >= 4 is 35.1 Å². The molecule has 0 bridgehead atoms. The maximum Gasteiger partial charge on any atom is 0.311 e. The highest BCUT2D eigenvalue weighted by atomic mass is 16.5. The van der Waals surface area contributed by atoms with E-state index in [1.54, 1.807) is 24.1 Å². The molecule has 1 saturated heterocycles. The molecule has 33 heavy (non-hydrogen) atoms. The van der Waals surface area contributed by atoms with Crippen molar-refractivity contribution in [2.75, 3.05) is 29.6 Å². The van der Waals surface area contributed by atoms with Crippen LogP contribution in [0.5, 0.6) is 5.75 Å². The molecule has 10 heteroatoms. The molecule has 0 saturated carbocycles. The molecule has 1 fully saturated rings. The minimum atomic E-state index is -0.566. The summed E-state index contributed by atoms with van der Waals surface area (Å²) in [6.07, 6.45) is 0.0899. The van der Waals surface area contributed by atoms with Crippen LogP contribution in [-0.4, -0.2) is 40.5 Å². The third kappa shape index (κ3) is 5.17. The van der Waals surface area contributed by atoms with E-state index in [1.807, 2.05) is 43.3 Å². The lowest BCUT2D eigenvalue weighted by Crippen LogP contribution is -2.26. The first-order valence-electron chi connectivity index (χ1n) is 10.4. The van der Waals surface area contributed by atoms with Crippen molar-refractivity contribution in [3.05, 3.63) is 59.9 Å². The molecule has 1 aliphatic rings. The van der Waals surface area contributed by atoms with Gasteiger partial charge < -0.3 is 25.4 Å². The minimum Gasteiger partial charge on any atom is -0.495 e. The van der Waals surface area contributed by atoms with Gasteiger partial charge in [-0.05, 0) is 31.2 Å². The quantitative estimate of drug-likeness (QED) is 0.523. The van der Waals surface area contributed by atoms with Gasteiger partial charge in [-0.25, -0.2) is 0 Å². The number of nitrogens with one attached hydrogen (secondary N) is 1. The molecule has 10 nitrogen and oxygen atoms in total. The molecule has 3 aromatic rings. The number of hydrogen-bond donors (Lipinski definition) is 2. The molecule has 1 aliphatic heterocycles. The average Bonchev–Trinajstić information content (AvgIpc) is 3.19. The standard InChI is InChI=1S/C23H24N6O4/c1-14-7-9-16(10-8-14)29-12-15(11-20(29)30)21(31)33-13-19-26-22(24)28-23(27-19)25-17-5-3-4-6-18(17)32-2/h3-10,15H,11-13H2,1-2H3,(H3,24,25,26,27,28). The molecule has 170 valence electrons. The number of ether oxygens (including phenoxy) is 2. The van der Waals surface area contributed by atoms with E-state index >= 15 is 0 Å². The summed E-state index contributed by atoms with van der Waals surface area (Å²) in [5, 5.41) is 3.02. The van der Waals surface area contributed by atoms with Gasteiger partial charge in [0.1, 0.15) is 5.75 Å². The SMILES string of the molecule is COc1ccccc1Nc1nc(N)nc(COC(=O)C2CC(=O)N(c3ccc(C)cc3)C2)n1. The summed E-state index contributed by atoms with van der Waals surface area (Å²) < 4.78 is 10.7. The molecule has 1 atom stereocenters. The second-order valence-electron chi connectivity index (χ2n) is 7.61. The summed E-state index contributed by atoms with van der Waals surface area (Å²) in [5.74, 6) is -0.204. The van der Waals surface area contributed by atoms with Crippen LogP contribution in [0.2, 0.25) is 0 Å². The molecule has 1 aromatic heterocycles. The van der Waals surface area contributed by atoms with Crippen LogP contribution in [0, 0.1) is 12.8 Å². The third-order valence-electron chi connectivity index (χ3n) is 5.20. The van der Waals surface area contributed by atoms with Crippen molar-refractivity contribution in [1.29, 1.82) is 0 Å². The molecule has 2 aromatic carbocycles. The van der Waals surface area contributed by atoms with E-state index in [2.05, 4.69) is 20.3 Å². The van der Waals surface area contributed by atoms with Gasteiger partial charge in [0.2, 0.25) is 17.8 Å². The Morgan fingerprint density at radius 1 is 1.15 bits per heavy atom. The first-order valence-corrected chi connectivity index (χ1v) is 10.4. The lowest BCUT2D eigenvalue weighted by atomic mass is 10.1. The van der Waals surface area contributed by atoms with Crippen LogP contribution in [0.1, 0.15) is 17.8 Å². The third-order valence-corrected chi connectivity index (χ3v) is 5.20. The zero-order valence-electron chi connectivity index (χ0n) is 18.3. The van der Waals surface area contributed by atoms with Crippen molar-refractivity contribution < 1.29 is 19.1 Å². The smallest absolute Gasteiger partial charge is 0.311 e. The molecular formula is C23H24N6O4. The fourth-order valence-corrected chi connectivity index (χ4v) is 3.52. The van der Waals surface area contributed by atoms with Crippen LogP contribution in [0.15, 0.2) is 48.5 Å². The molecule has 3 N–H and O–H groups in total. The van der Waals surface area contributed by atoms with Crippen molar-refractivity contribution in [2.45, 2.75) is 20.0 Å². The summed E-state index contributed by atoms with van der Waals surface area (Å²) in [4.78, 5) is 39.0. The van der Waals surface area contributed by atoms with Crippen molar-refractivity contribution in [1.82, 2.24) is 15.0 Å². The number of carbonyl (C=O) groups is 2. The van der Waals surface area contributed by atoms with E-state index in [9.17, 15) is 9.59 Å². The van der Waals surface area contributed by atoms with Gasteiger partial charge in [0.15, 0.2) is 12.4 Å². The first-order chi connectivity index (χ1) is 15.9. The van der Waals surface area contributed by atoms with E-state index in [0.717, 1.165) is 11.3 Å². The number of nitrogens with zero attached hydrogens (tertiary/aromatic N) is 4. The molecule has 1 unspecified atom stereocenters. The number of methoxy groups -OCH3 is 1. The maximum absolute atomic E-state index is 12.6. The Labute approximate surface area is 190 Å². The van der Waals surface area contributed by atoms with Crippen molar-refractivity contribution in [3.8, 4) is 5.75 Å². The molecular weight excluding hydrogens is 424 g/mol. The fourth-order valence-electron chi connectivity index (χ4n) is 3.52. The highest BCUT2D eigenvalue weighted by Crippen LogP contribution is 2.27. The Morgan fingerprint density at radius 3 is 2.67 bits per heavy atom. The molecule has 0 aliphatic carbocycles. The average molecular weight is 448 g/mol. The number of carbonyl (C=O) groups excluding carboxylic acids is 2. The first kappa shape index (κ1) is 22.0. The van der Waals surface area contributed by atoms with Crippen LogP contribution in [0.3, 0.4) is 0 Å². The van der Waals surface area contributed by atoms with Crippen LogP contribution in [-0.2, 0) is 20.9 Å². The maximum atomic E-state index is 12.6. The number of esters is 1. The molecule has 4 rings (SSSR count). The van der Waals surface area contributed by atoms with Crippen LogP contribution in [0.4, 0.5) is 23.3 Å². The highest BCUT2D eigenvalue weighted by Gasteiger charge is 2.36. The zero-order chi connectivity index (χ0) is 23.4. The van der Waals surface area contributed by atoms with Gasteiger partial charge in [0.25, 0.3) is 0 Å². The molecule has 0 spiro atoms. The summed E-state index contributed by atoms with van der Waals surface area (Å²) in [5.41, 5.74) is 8.30. The summed E-state index contributed by atoms with van der Waals surface area (Å²) in [7, 11) is 1.56. The van der Waals surface area contributed by atoms with Gasteiger partial charge in [-0.2, -0.15) is 15.0 Å². The topological polar surface area (TPSA) is 133 Å². The van der Waals surface area contributed by atoms with Gasteiger partial charge in [-0.15, -0.1) is 0 Å². The van der Waals surface area contributed by atoms with Crippen molar-refractivity contribution in [2.24, 2.45) is 5.92 Å². The van der Waals surface area contributed by atoms with Crippen LogP contribution in [0.25, 0.3) is 0 Å². The van der Waals surface area contributed by atoms with Gasteiger partial charge in [-0.1, -0.05) is 29.8 Å². The predicted octanol–water partition coefficient (Wildman–Crippen LogP) is 2.61. The summed E-state index contributed by atoms with van der Waals surface area (Å²) in [6, 6.07) is 14.8. The molecule has 0 radical (unpaired) electrons. The second-order valence-corrected chi connectivity index (χ2v) is 7.61. The van der Waals surface area contributed by atoms with Crippen LogP contribution < -0.4 is 20.7 Å². The van der Waals surface area contributed by atoms with Gasteiger partial charge >= 0.3 is 5.97 Å². The number of rotatable bonds is 7. The summed E-state index contributed by atoms with van der Waals surface area (Å²) in [6.45, 7) is 2.04. The summed E-state index contributed by atoms with van der Waals surface area (Å²) >= 11 is 0. The number of amides is 1. The van der Waals surface area contributed by atoms with Gasteiger partial charge in [0, 0.05) is 18.7 Å². The highest BCUT2D eigenvalue weighted by molar-refractivity contribution is 5.99. The van der Waals surface area contributed by atoms with E-state index in [1.165, 1.54) is 0 Å². The number of aryl methyl sites for hydroxylation is 1. The van der Waals surface area contributed by atoms with Crippen LogP contribution >= 0.6 is 0 Å².